The van der Waals surface area contributed by atoms with E-state index in [-0.39, 0.29) is 11.9 Å². The van der Waals surface area contributed by atoms with E-state index in [4.69, 9.17) is 0 Å². The Morgan fingerprint density at radius 3 is 2.72 bits per heavy atom. The standard InChI is InChI=1S/C13H19BrN2O2/c1-9(13(18)16(2)3)15-8-12(17)10-5-4-6-11(14)7-10/h4-7,9,12,15,17H,8H2,1-3H3. The first-order valence-corrected chi connectivity index (χ1v) is 6.59. The van der Waals surface area contributed by atoms with Crippen LogP contribution in [0.1, 0.15) is 18.6 Å². The minimum absolute atomic E-state index is 0.00329. The number of halogens is 1. The van der Waals surface area contributed by atoms with Crippen molar-refractivity contribution in [2.45, 2.75) is 19.1 Å². The Bertz CT molecular complexity index is 410. The molecule has 18 heavy (non-hydrogen) atoms. The van der Waals surface area contributed by atoms with Crippen molar-refractivity contribution in [1.29, 1.82) is 0 Å². The van der Waals surface area contributed by atoms with Crippen LogP contribution < -0.4 is 5.32 Å². The fourth-order valence-corrected chi connectivity index (χ4v) is 2.01. The number of nitrogens with one attached hydrogen (secondary N) is 1. The van der Waals surface area contributed by atoms with Crippen molar-refractivity contribution in [3.05, 3.63) is 34.3 Å². The van der Waals surface area contributed by atoms with Gasteiger partial charge in [0, 0.05) is 25.1 Å². The third kappa shape index (κ3) is 4.40. The van der Waals surface area contributed by atoms with Crippen molar-refractivity contribution in [2.75, 3.05) is 20.6 Å². The highest BCUT2D eigenvalue weighted by Gasteiger charge is 2.16. The lowest BCUT2D eigenvalue weighted by atomic mass is 10.1. The predicted octanol–water partition coefficient (Wildman–Crippen LogP) is 1.55. The van der Waals surface area contributed by atoms with E-state index < -0.39 is 6.10 Å². The van der Waals surface area contributed by atoms with Gasteiger partial charge < -0.3 is 15.3 Å². The zero-order valence-electron chi connectivity index (χ0n) is 10.9. The molecule has 100 valence electrons. The number of carbonyl (C=O) groups excluding carboxylic acids is 1. The average molecular weight is 315 g/mol. The monoisotopic (exact) mass is 314 g/mol. The molecule has 1 rings (SSSR count). The van der Waals surface area contributed by atoms with Crippen LogP contribution in [-0.2, 0) is 4.79 Å². The predicted molar refractivity (Wildman–Crippen MR) is 75.3 cm³/mol. The van der Waals surface area contributed by atoms with Gasteiger partial charge in [0.1, 0.15) is 0 Å². The van der Waals surface area contributed by atoms with Crippen molar-refractivity contribution < 1.29 is 9.90 Å². The van der Waals surface area contributed by atoms with Gasteiger partial charge in [0.2, 0.25) is 5.91 Å². The van der Waals surface area contributed by atoms with Gasteiger partial charge in [-0.25, -0.2) is 0 Å². The number of aliphatic hydroxyl groups excluding tert-OH is 1. The molecule has 4 nitrogen and oxygen atoms in total. The van der Waals surface area contributed by atoms with Crippen molar-refractivity contribution in [2.24, 2.45) is 0 Å². The molecule has 0 aliphatic carbocycles. The van der Waals surface area contributed by atoms with E-state index in [1.807, 2.05) is 24.3 Å². The summed E-state index contributed by atoms with van der Waals surface area (Å²) in [5.41, 5.74) is 0.821. The fourth-order valence-electron chi connectivity index (χ4n) is 1.59. The Morgan fingerprint density at radius 2 is 2.17 bits per heavy atom. The van der Waals surface area contributed by atoms with E-state index in [9.17, 15) is 9.90 Å². The highest BCUT2D eigenvalue weighted by Crippen LogP contribution is 2.17. The summed E-state index contributed by atoms with van der Waals surface area (Å²) in [6.07, 6.45) is -0.625. The molecule has 1 amide bonds. The fraction of sp³-hybridized carbons (Fsp3) is 0.462. The molecule has 2 unspecified atom stereocenters. The van der Waals surface area contributed by atoms with Gasteiger partial charge >= 0.3 is 0 Å². The molecule has 0 fully saturated rings. The molecule has 0 saturated carbocycles. The van der Waals surface area contributed by atoms with Crippen LogP contribution in [0.4, 0.5) is 0 Å². The summed E-state index contributed by atoms with van der Waals surface area (Å²) in [6.45, 7) is 2.13. The number of rotatable bonds is 5. The molecule has 2 atom stereocenters. The second kappa shape index (κ2) is 6.87. The van der Waals surface area contributed by atoms with E-state index >= 15 is 0 Å². The van der Waals surface area contributed by atoms with Crippen LogP contribution in [0.2, 0.25) is 0 Å². The Kier molecular flexibility index (Phi) is 5.78. The molecule has 0 saturated heterocycles. The molecule has 5 heteroatoms. The number of amides is 1. The maximum atomic E-state index is 11.6. The normalized spacial score (nSPS) is 14.1. The Hall–Kier alpha value is -0.910. The second-order valence-corrected chi connectivity index (χ2v) is 5.35. The van der Waals surface area contributed by atoms with E-state index in [2.05, 4.69) is 21.2 Å². The van der Waals surface area contributed by atoms with Gasteiger partial charge in [0.25, 0.3) is 0 Å². The average Bonchev–Trinajstić information content (AvgIpc) is 2.34. The van der Waals surface area contributed by atoms with E-state index in [0.717, 1.165) is 10.0 Å². The minimum Gasteiger partial charge on any atom is -0.387 e. The summed E-state index contributed by atoms with van der Waals surface area (Å²) >= 11 is 3.36. The number of aliphatic hydroxyl groups is 1. The molecule has 0 aliphatic rings. The summed E-state index contributed by atoms with van der Waals surface area (Å²) in [5.74, 6) is -0.00329. The number of benzene rings is 1. The molecule has 0 aromatic heterocycles. The first-order chi connectivity index (χ1) is 8.41. The number of hydrogen-bond donors (Lipinski definition) is 2. The van der Waals surface area contributed by atoms with Crippen LogP contribution >= 0.6 is 15.9 Å². The first kappa shape index (κ1) is 15.1. The van der Waals surface area contributed by atoms with Crippen molar-refractivity contribution in [3.63, 3.8) is 0 Å². The van der Waals surface area contributed by atoms with Gasteiger partial charge in [-0.05, 0) is 24.6 Å². The van der Waals surface area contributed by atoms with Crippen molar-refractivity contribution >= 4 is 21.8 Å². The molecule has 0 aliphatic heterocycles. The third-order valence-corrected chi connectivity index (χ3v) is 3.16. The maximum Gasteiger partial charge on any atom is 0.238 e. The highest BCUT2D eigenvalue weighted by molar-refractivity contribution is 9.10. The van der Waals surface area contributed by atoms with Crippen molar-refractivity contribution in [3.8, 4) is 0 Å². The Labute approximate surface area is 116 Å². The van der Waals surface area contributed by atoms with Gasteiger partial charge in [0.15, 0.2) is 0 Å². The number of carbonyl (C=O) groups is 1. The number of nitrogens with zero attached hydrogens (tertiary/aromatic N) is 1. The topological polar surface area (TPSA) is 52.6 Å². The molecular weight excluding hydrogens is 296 g/mol. The lowest BCUT2D eigenvalue weighted by Crippen LogP contribution is -2.42. The largest absolute Gasteiger partial charge is 0.387 e. The van der Waals surface area contributed by atoms with Gasteiger partial charge in [-0.3, -0.25) is 4.79 Å². The zero-order valence-corrected chi connectivity index (χ0v) is 12.4. The summed E-state index contributed by atoms with van der Waals surface area (Å²) in [6, 6.07) is 7.20. The Morgan fingerprint density at radius 1 is 1.50 bits per heavy atom. The van der Waals surface area contributed by atoms with Gasteiger partial charge in [0.05, 0.1) is 12.1 Å². The molecule has 2 N–H and O–H groups in total. The van der Waals surface area contributed by atoms with Gasteiger partial charge in [-0.15, -0.1) is 0 Å². The van der Waals surface area contributed by atoms with Crippen LogP contribution in [0.3, 0.4) is 0 Å². The lowest BCUT2D eigenvalue weighted by molar-refractivity contribution is -0.130. The third-order valence-electron chi connectivity index (χ3n) is 2.66. The van der Waals surface area contributed by atoms with E-state index in [1.54, 1.807) is 21.0 Å². The zero-order chi connectivity index (χ0) is 13.7. The van der Waals surface area contributed by atoms with Crippen LogP contribution in [0.15, 0.2) is 28.7 Å². The number of likely N-dealkylation sites (N-methyl/N-ethyl adjacent to an activating group) is 1. The van der Waals surface area contributed by atoms with Crippen LogP contribution in [0, 0.1) is 0 Å². The molecule has 0 radical (unpaired) electrons. The Balaban J connectivity index is 2.51. The molecular formula is C13H19BrN2O2. The second-order valence-electron chi connectivity index (χ2n) is 4.43. The lowest BCUT2D eigenvalue weighted by Gasteiger charge is -2.20. The van der Waals surface area contributed by atoms with Crippen LogP contribution in [-0.4, -0.2) is 42.6 Å². The first-order valence-electron chi connectivity index (χ1n) is 5.80. The molecule has 0 bridgehead atoms. The van der Waals surface area contributed by atoms with E-state index in [0.29, 0.717) is 6.54 Å². The SMILES string of the molecule is CC(NCC(O)c1cccc(Br)c1)C(=O)N(C)C. The van der Waals surface area contributed by atoms with Gasteiger partial charge in [-0.1, -0.05) is 28.1 Å². The molecule has 1 aromatic rings. The summed E-state index contributed by atoms with van der Waals surface area (Å²) < 4.78 is 0.927. The maximum absolute atomic E-state index is 11.6. The van der Waals surface area contributed by atoms with Crippen molar-refractivity contribution in [1.82, 2.24) is 10.2 Å². The van der Waals surface area contributed by atoms with Crippen LogP contribution in [0.25, 0.3) is 0 Å². The quantitative estimate of drug-likeness (QED) is 0.867. The summed E-state index contributed by atoms with van der Waals surface area (Å²) in [7, 11) is 3.43. The van der Waals surface area contributed by atoms with Crippen LogP contribution in [0.5, 0.6) is 0 Å². The minimum atomic E-state index is -0.625. The highest BCUT2D eigenvalue weighted by atomic mass is 79.9. The smallest absolute Gasteiger partial charge is 0.238 e. The molecule has 0 spiro atoms. The molecule has 0 heterocycles. The molecule has 1 aromatic carbocycles. The summed E-state index contributed by atoms with van der Waals surface area (Å²) in [4.78, 5) is 13.2. The summed E-state index contributed by atoms with van der Waals surface area (Å²) in [5, 5.41) is 13.0. The number of hydrogen-bond acceptors (Lipinski definition) is 3. The van der Waals surface area contributed by atoms with Gasteiger partial charge in [-0.2, -0.15) is 0 Å². The van der Waals surface area contributed by atoms with E-state index in [1.165, 1.54) is 4.90 Å².